The zero-order chi connectivity index (χ0) is 12.3. The second-order valence-corrected chi connectivity index (χ2v) is 5.10. The first-order valence-electron chi connectivity index (χ1n) is 5.18. The third-order valence-corrected chi connectivity index (χ3v) is 3.91. The molecule has 1 atom stereocenters. The Kier molecular flexibility index (Phi) is 3.54. The van der Waals surface area contributed by atoms with Gasteiger partial charge in [-0.15, -0.1) is 0 Å². The Balaban J connectivity index is 2.17. The van der Waals surface area contributed by atoms with Crippen LogP contribution < -0.4 is 0 Å². The van der Waals surface area contributed by atoms with E-state index in [0.29, 0.717) is 17.8 Å². The monoisotopic (exact) mass is 248 g/mol. The van der Waals surface area contributed by atoms with E-state index in [2.05, 4.69) is 0 Å². The van der Waals surface area contributed by atoms with E-state index >= 15 is 0 Å². The predicted octanol–water partition coefficient (Wildman–Crippen LogP) is 2.71. The largest absolute Gasteiger partial charge is 0.457 e. The number of aldehydes is 1. The van der Waals surface area contributed by atoms with Crippen LogP contribution in [0.4, 0.5) is 0 Å². The van der Waals surface area contributed by atoms with Gasteiger partial charge in [0.2, 0.25) is 0 Å². The molecule has 0 bridgehead atoms. The summed E-state index contributed by atoms with van der Waals surface area (Å²) in [5.74, 6) is 1.12. The SMILES string of the molecule is Cc1ccccc1S(=O)Cc1ccc(C=O)o1. The molecular formula is C13H12O3S. The van der Waals surface area contributed by atoms with E-state index in [1.807, 2.05) is 31.2 Å². The van der Waals surface area contributed by atoms with Crippen molar-refractivity contribution in [2.45, 2.75) is 17.6 Å². The number of carbonyl (C=O) groups is 1. The van der Waals surface area contributed by atoms with Gasteiger partial charge < -0.3 is 4.42 Å². The lowest BCUT2D eigenvalue weighted by atomic mass is 10.2. The van der Waals surface area contributed by atoms with Crippen LogP contribution in [-0.4, -0.2) is 10.5 Å². The van der Waals surface area contributed by atoms with Crippen LogP contribution in [0.15, 0.2) is 45.7 Å². The fraction of sp³-hybridized carbons (Fsp3) is 0.154. The topological polar surface area (TPSA) is 47.3 Å². The van der Waals surface area contributed by atoms with E-state index < -0.39 is 10.8 Å². The average molecular weight is 248 g/mol. The molecule has 0 radical (unpaired) electrons. The smallest absolute Gasteiger partial charge is 0.185 e. The molecule has 0 saturated carbocycles. The molecular weight excluding hydrogens is 236 g/mol. The first kappa shape index (κ1) is 11.8. The number of hydrogen-bond acceptors (Lipinski definition) is 3. The summed E-state index contributed by atoms with van der Waals surface area (Å²) in [5.41, 5.74) is 0.994. The second-order valence-electron chi connectivity index (χ2n) is 3.68. The molecule has 0 aliphatic carbocycles. The summed E-state index contributed by atoms with van der Waals surface area (Å²) in [6, 6.07) is 10.8. The van der Waals surface area contributed by atoms with Crippen molar-refractivity contribution in [2.24, 2.45) is 0 Å². The van der Waals surface area contributed by atoms with Crippen LogP contribution in [0, 0.1) is 6.92 Å². The van der Waals surface area contributed by atoms with Gasteiger partial charge in [-0.2, -0.15) is 0 Å². The fourth-order valence-electron chi connectivity index (χ4n) is 1.55. The molecule has 4 heteroatoms. The van der Waals surface area contributed by atoms with Crippen LogP contribution in [0.1, 0.15) is 21.9 Å². The highest BCUT2D eigenvalue weighted by molar-refractivity contribution is 7.84. The van der Waals surface area contributed by atoms with Crippen molar-refractivity contribution >= 4 is 17.1 Å². The third kappa shape index (κ3) is 2.71. The number of rotatable bonds is 4. The van der Waals surface area contributed by atoms with Gasteiger partial charge in [-0.3, -0.25) is 9.00 Å². The summed E-state index contributed by atoms with van der Waals surface area (Å²) in [5, 5.41) is 0. The van der Waals surface area contributed by atoms with Crippen molar-refractivity contribution < 1.29 is 13.4 Å². The summed E-state index contributed by atoms with van der Waals surface area (Å²) in [6.45, 7) is 1.92. The van der Waals surface area contributed by atoms with Crippen LogP contribution in [0.2, 0.25) is 0 Å². The van der Waals surface area contributed by atoms with E-state index in [-0.39, 0.29) is 5.76 Å². The molecule has 2 rings (SSSR count). The summed E-state index contributed by atoms with van der Waals surface area (Å²) in [6.07, 6.45) is 0.639. The Labute approximate surface area is 102 Å². The Morgan fingerprint density at radius 1 is 1.24 bits per heavy atom. The van der Waals surface area contributed by atoms with Gasteiger partial charge in [-0.05, 0) is 30.7 Å². The van der Waals surface area contributed by atoms with E-state index in [4.69, 9.17) is 4.42 Å². The number of carbonyl (C=O) groups excluding carboxylic acids is 1. The zero-order valence-corrected chi connectivity index (χ0v) is 10.2. The second kappa shape index (κ2) is 5.10. The molecule has 2 aromatic rings. The van der Waals surface area contributed by atoms with Crippen molar-refractivity contribution in [3.8, 4) is 0 Å². The van der Waals surface area contributed by atoms with Crippen LogP contribution in [-0.2, 0) is 16.6 Å². The molecule has 1 unspecified atom stereocenters. The van der Waals surface area contributed by atoms with Crippen molar-refractivity contribution in [1.29, 1.82) is 0 Å². The third-order valence-electron chi connectivity index (χ3n) is 2.41. The van der Waals surface area contributed by atoms with Gasteiger partial charge in [0.25, 0.3) is 0 Å². The van der Waals surface area contributed by atoms with E-state index in [1.54, 1.807) is 12.1 Å². The zero-order valence-electron chi connectivity index (χ0n) is 9.38. The van der Waals surface area contributed by atoms with Crippen LogP contribution in [0.3, 0.4) is 0 Å². The summed E-state index contributed by atoms with van der Waals surface area (Å²) >= 11 is 0. The van der Waals surface area contributed by atoms with Gasteiger partial charge in [-0.25, -0.2) is 0 Å². The molecule has 0 spiro atoms. The maximum atomic E-state index is 12.1. The van der Waals surface area contributed by atoms with Crippen LogP contribution in [0.25, 0.3) is 0 Å². The Bertz CT molecular complexity index is 557. The normalized spacial score (nSPS) is 12.3. The summed E-state index contributed by atoms with van der Waals surface area (Å²) in [4.78, 5) is 11.3. The molecule has 1 heterocycles. The predicted molar refractivity (Wildman–Crippen MR) is 65.4 cm³/mol. The van der Waals surface area contributed by atoms with Crippen molar-refractivity contribution in [1.82, 2.24) is 0 Å². The fourth-order valence-corrected chi connectivity index (χ4v) is 2.78. The molecule has 0 amide bonds. The van der Waals surface area contributed by atoms with Crippen LogP contribution in [0.5, 0.6) is 0 Å². The molecule has 0 fully saturated rings. The molecule has 1 aromatic heterocycles. The summed E-state index contributed by atoms with van der Waals surface area (Å²) in [7, 11) is -1.14. The molecule has 0 aliphatic heterocycles. The number of hydrogen-bond donors (Lipinski definition) is 0. The molecule has 0 saturated heterocycles. The highest BCUT2D eigenvalue weighted by Gasteiger charge is 2.10. The maximum Gasteiger partial charge on any atom is 0.185 e. The Morgan fingerprint density at radius 2 is 2.00 bits per heavy atom. The first-order valence-corrected chi connectivity index (χ1v) is 6.50. The van der Waals surface area contributed by atoms with Gasteiger partial charge in [0.1, 0.15) is 5.76 Å². The molecule has 17 heavy (non-hydrogen) atoms. The van der Waals surface area contributed by atoms with E-state index in [0.717, 1.165) is 10.5 Å². The number of furan rings is 1. The number of benzene rings is 1. The van der Waals surface area contributed by atoms with Gasteiger partial charge in [0, 0.05) is 4.90 Å². The minimum Gasteiger partial charge on any atom is -0.457 e. The van der Waals surface area contributed by atoms with Gasteiger partial charge in [-0.1, -0.05) is 18.2 Å². The Morgan fingerprint density at radius 3 is 2.65 bits per heavy atom. The van der Waals surface area contributed by atoms with Gasteiger partial charge in [0.05, 0.1) is 16.6 Å². The lowest BCUT2D eigenvalue weighted by Crippen LogP contribution is -1.97. The average Bonchev–Trinajstić information content (AvgIpc) is 2.77. The minimum absolute atomic E-state index is 0.266. The first-order chi connectivity index (χ1) is 8.20. The maximum absolute atomic E-state index is 12.1. The quantitative estimate of drug-likeness (QED) is 0.781. The van der Waals surface area contributed by atoms with Gasteiger partial charge in [0.15, 0.2) is 12.0 Å². The summed E-state index contributed by atoms with van der Waals surface area (Å²) < 4.78 is 17.3. The van der Waals surface area contributed by atoms with Crippen LogP contribution >= 0.6 is 0 Å². The highest BCUT2D eigenvalue weighted by Crippen LogP contribution is 2.17. The number of aryl methyl sites for hydroxylation is 1. The standard InChI is InChI=1S/C13H12O3S/c1-10-4-2-3-5-13(10)17(15)9-12-7-6-11(8-14)16-12/h2-8H,9H2,1H3. The lowest BCUT2D eigenvalue weighted by Gasteiger charge is -2.03. The highest BCUT2D eigenvalue weighted by atomic mass is 32.2. The minimum atomic E-state index is -1.14. The Hall–Kier alpha value is -1.68. The van der Waals surface area contributed by atoms with Crippen molar-refractivity contribution in [3.05, 3.63) is 53.5 Å². The molecule has 88 valence electrons. The van der Waals surface area contributed by atoms with Crippen molar-refractivity contribution in [2.75, 3.05) is 0 Å². The van der Waals surface area contributed by atoms with E-state index in [1.165, 1.54) is 0 Å². The molecule has 3 nitrogen and oxygen atoms in total. The van der Waals surface area contributed by atoms with Crippen molar-refractivity contribution in [3.63, 3.8) is 0 Å². The van der Waals surface area contributed by atoms with E-state index in [9.17, 15) is 9.00 Å². The molecule has 1 aromatic carbocycles. The van der Waals surface area contributed by atoms with Gasteiger partial charge >= 0.3 is 0 Å². The molecule has 0 aliphatic rings. The lowest BCUT2D eigenvalue weighted by molar-refractivity contribution is 0.109. The molecule has 0 N–H and O–H groups in total.